The van der Waals surface area contributed by atoms with Gasteiger partial charge in [-0.05, 0) is 30.3 Å². The highest BCUT2D eigenvalue weighted by Crippen LogP contribution is 2.36. The Labute approximate surface area is 196 Å². The zero-order chi connectivity index (χ0) is 23.5. The molecule has 0 saturated carbocycles. The average Bonchev–Trinajstić information content (AvgIpc) is 3.19. The molecule has 0 bridgehead atoms. The van der Waals surface area contributed by atoms with Crippen LogP contribution in [0.2, 0.25) is 5.02 Å². The minimum absolute atomic E-state index is 0.0708. The molecule has 0 aromatic heterocycles. The first-order valence-corrected chi connectivity index (χ1v) is 10.8. The third-order valence-electron chi connectivity index (χ3n) is 5.50. The highest BCUT2D eigenvalue weighted by atomic mass is 35.5. The van der Waals surface area contributed by atoms with E-state index in [1.54, 1.807) is 41.3 Å². The summed E-state index contributed by atoms with van der Waals surface area (Å²) in [6, 6.07) is 10.1. The van der Waals surface area contributed by atoms with E-state index in [0.717, 1.165) is 0 Å². The molecule has 9 nitrogen and oxygen atoms in total. The minimum Gasteiger partial charge on any atom is -0.495 e. The van der Waals surface area contributed by atoms with E-state index in [-0.39, 0.29) is 31.3 Å². The number of methoxy groups -OCH3 is 1. The van der Waals surface area contributed by atoms with Crippen molar-refractivity contribution in [2.75, 3.05) is 50.7 Å². The number of halogens is 1. The van der Waals surface area contributed by atoms with Crippen LogP contribution in [0.4, 0.5) is 11.4 Å². The number of rotatable bonds is 6. The first-order chi connectivity index (χ1) is 15.9. The Balaban J connectivity index is 1.38. The Hall–Kier alpha value is -3.46. The highest BCUT2D eigenvalue weighted by Gasteiger charge is 2.37. The first kappa shape index (κ1) is 22.7. The number of nitrogens with one attached hydrogen (secondary N) is 1. The number of ether oxygens (including phenoxy) is 3. The van der Waals surface area contributed by atoms with Gasteiger partial charge in [0.25, 0.3) is 0 Å². The lowest BCUT2D eigenvalue weighted by atomic mass is 10.1. The molecule has 1 fully saturated rings. The number of benzene rings is 2. The molecule has 2 aromatic carbocycles. The fourth-order valence-electron chi connectivity index (χ4n) is 3.90. The van der Waals surface area contributed by atoms with Gasteiger partial charge in [0.15, 0.2) is 11.5 Å². The third kappa shape index (κ3) is 4.98. The topological polar surface area (TPSA) is 97.4 Å². The van der Waals surface area contributed by atoms with Crippen LogP contribution in [0.1, 0.15) is 6.42 Å². The van der Waals surface area contributed by atoms with Gasteiger partial charge in [0.05, 0.1) is 25.3 Å². The summed E-state index contributed by atoms with van der Waals surface area (Å²) in [5.41, 5.74) is 1.06. The van der Waals surface area contributed by atoms with Crippen LogP contribution in [0.3, 0.4) is 0 Å². The number of amides is 3. The Morgan fingerprint density at radius 3 is 2.70 bits per heavy atom. The van der Waals surface area contributed by atoms with Crippen LogP contribution in [0.5, 0.6) is 17.2 Å². The van der Waals surface area contributed by atoms with Gasteiger partial charge in [-0.25, -0.2) is 0 Å². The first-order valence-electron chi connectivity index (χ1n) is 10.4. The van der Waals surface area contributed by atoms with Crippen molar-refractivity contribution in [3.8, 4) is 17.2 Å². The number of hydrogen-bond donors (Lipinski definition) is 1. The van der Waals surface area contributed by atoms with E-state index >= 15 is 0 Å². The largest absolute Gasteiger partial charge is 0.495 e. The third-order valence-corrected chi connectivity index (χ3v) is 5.74. The summed E-state index contributed by atoms with van der Waals surface area (Å²) >= 11 is 5.99. The molecule has 2 aliphatic heterocycles. The summed E-state index contributed by atoms with van der Waals surface area (Å²) in [6.45, 7) is 0.976. The molecule has 174 valence electrons. The van der Waals surface area contributed by atoms with Gasteiger partial charge < -0.3 is 29.3 Å². The predicted octanol–water partition coefficient (Wildman–Crippen LogP) is 2.57. The lowest BCUT2D eigenvalue weighted by Crippen LogP contribution is -2.39. The van der Waals surface area contributed by atoms with E-state index in [0.29, 0.717) is 46.9 Å². The highest BCUT2D eigenvalue weighted by molar-refractivity contribution is 6.31. The second-order valence-corrected chi connectivity index (χ2v) is 8.26. The summed E-state index contributed by atoms with van der Waals surface area (Å²) in [5, 5.41) is 3.15. The molecule has 33 heavy (non-hydrogen) atoms. The van der Waals surface area contributed by atoms with Crippen LogP contribution in [0, 0.1) is 5.92 Å². The normalized spacial score (nSPS) is 17.0. The maximum Gasteiger partial charge on any atom is 0.244 e. The van der Waals surface area contributed by atoms with Gasteiger partial charge in [-0.2, -0.15) is 0 Å². The number of fused-ring (bicyclic) bond motifs is 1. The number of carbonyl (C=O) groups excluding carboxylic acids is 3. The Morgan fingerprint density at radius 2 is 1.94 bits per heavy atom. The lowest BCUT2D eigenvalue weighted by Gasteiger charge is -2.23. The monoisotopic (exact) mass is 473 g/mol. The zero-order valence-electron chi connectivity index (χ0n) is 18.3. The number of nitrogens with zero attached hydrogens (tertiary/aromatic N) is 2. The van der Waals surface area contributed by atoms with Gasteiger partial charge in [0.2, 0.25) is 17.7 Å². The number of carbonyl (C=O) groups is 3. The Kier molecular flexibility index (Phi) is 6.60. The quantitative estimate of drug-likeness (QED) is 0.692. The maximum absolute atomic E-state index is 12.9. The Morgan fingerprint density at radius 1 is 1.18 bits per heavy atom. The summed E-state index contributed by atoms with van der Waals surface area (Å²) in [6.07, 6.45) is 0.0708. The minimum atomic E-state index is -0.552. The molecule has 0 spiro atoms. The standard InChI is InChI=1S/C23H24ClN3O6/c1-26(13-21(28)25-17-10-15(24)3-5-18(17)31-2)23(30)14-9-22(29)27(12-14)16-4-6-19-20(11-16)33-8-7-32-19/h3-6,10-11,14H,7-9,12-13H2,1-2H3,(H,25,28). The average molecular weight is 474 g/mol. The zero-order valence-corrected chi connectivity index (χ0v) is 19.1. The van der Waals surface area contributed by atoms with E-state index in [1.165, 1.54) is 19.1 Å². The fraction of sp³-hybridized carbons (Fsp3) is 0.348. The predicted molar refractivity (Wildman–Crippen MR) is 122 cm³/mol. The van der Waals surface area contributed by atoms with E-state index < -0.39 is 11.8 Å². The Bertz CT molecular complexity index is 1090. The van der Waals surface area contributed by atoms with Gasteiger partial charge in [-0.15, -0.1) is 0 Å². The smallest absolute Gasteiger partial charge is 0.244 e. The van der Waals surface area contributed by atoms with Gasteiger partial charge in [0.1, 0.15) is 19.0 Å². The molecular formula is C23H24ClN3O6. The summed E-state index contributed by atoms with van der Waals surface area (Å²) < 4.78 is 16.3. The molecule has 1 atom stereocenters. The molecular weight excluding hydrogens is 450 g/mol. The van der Waals surface area contributed by atoms with Crippen molar-refractivity contribution in [2.24, 2.45) is 5.92 Å². The van der Waals surface area contributed by atoms with Gasteiger partial charge >= 0.3 is 0 Å². The van der Waals surface area contributed by atoms with E-state index in [9.17, 15) is 14.4 Å². The molecule has 2 aliphatic rings. The molecule has 2 aromatic rings. The summed E-state index contributed by atoms with van der Waals surface area (Å²) in [4.78, 5) is 40.9. The molecule has 0 radical (unpaired) electrons. The molecule has 4 rings (SSSR count). The molecule has 0 aliphatic carbocycles. The number of hydrogen-bond acceptors (Lipinski definition) is 6. The molecule has 3 amide bonds. The van der Waals surface area contributed by atoms with E-state index in [1.807, 2.05) is 0 Å². The van der Waals surface area contributed by atoms with Crippen LogP contribution < -0.4 is 24.4 Å². The number of anilines is 2. The summed E-state index contributed by atoms with van der Waals surface area (Å²) in [7, 11) is 3.02. The van der Waals surface area contributed by atoms with Gasteiger partial charge in [-0.3, -0.25) is 14.4 Å². The van der Waals surface area contributed by atoms with Crippen molar-refractivity contribution in [3.05, 3.63) is 41.4 Å². The molecule has 2 heterocycles. The number of likely N-dealkylation sites (N-methyl/N-ethyl adjacent to an activating group) is 1. The second kappa shape index (κ2) is 9.58. The van der Waals surface area contributed by atoms with Crippen molar-refractivity contribution >= 4 is 40.7 Å². The SMILES string of the molecule is COc1ccc(Cl)cc1NC(=O)CN(C)C(=O)C1CC(=O)N(c2ccc3c(c2)OCCO3)C1. The fourth-order valence-corrected chi connectivity index (χ4v) is 4.07. The molecule has 1 saturated heterocycles. The van der Waals surface area contributed by atoms with Crippen LogP contribution in [0.15, 0.2) is 36.4 Å². The summed E-state index contributed by atoms with van der Waals surface area (Å²) in [5.74, 6) is 0.267. The van der Waals surface area contributed by atoms with Crippen molar-refractivity contribution in [2.45, 2.75) is 6.42 Å². The molecule has 1 N–H and O–H groups in total. The van der Waals surface area contributed by atoms with Gasteiger partial charge in [-0.1, -0.05) is 11.6 Å². The van der Waals surface area contributed by atoms with Crippen LogP contribution in [-0.2, 0) is 14.4 Å². The van der Waals surface area contributed by atoms with Crippen LogP contribution in [0.25, 0.3) is 0 Å². The van der Waals surface area contributed by atoms with Crippen molar-refractivity contribution in [1.82, 2.24) is 4.90 Å². The van der Waals surface area contributed by atoms with E-state index in [2.05, 4.69) is 5.32 Å². The van der Waals surface area contributed by atoms with Crippen molar-refractivity contribution in [3.63, 3.8) is 0 Å². The van der Waals surface area contributed by atoms with Crippen LogP contribution >= 0.6 is 11.6 Å². The van der Waals surface area contributed by atoms with E-state index in [4.69, 9.17) is 25.8 Å². The van der Waals surface area contributed by atoms with Crippen molar-refractivity contribution in [1.29, 1.82) is 0 Å². The van der Waals surface area contributed by atoms with Gasteiger partial charge in [0, 0.05) is 36.8 Å². The van der Waals surface area contributed by atoms with Crippen LogP contribution in [-0.4, -0.2) is 63.1 Å². The molecule has 10 heteroatoms. The lowest BCUT2D eigenvalue weighted by molar-refractivity contribution is -0.137. The van der Waals surface area contributed by atoms with Crippen molar-refractivity contribution < 1.29 is 28.6 Å². The molecule has 1 unspecified atom stereocenters. The maximum atomic E-state index is 12.9. The second-order valence-electron chi connectivity index (χ2n) is 7.82.